The van der Waals surface area contributed by atoms with Gasteiger partial charge in [-0.15, -0.1) is 0 Å². The maximum absolute atomic E-state index is 13.4. The highest BCUT2D eigenvalue weighted by Crippen LogP contribution is 2.21. The zero-order valence-electron chi connectivity index (χ0n) is 20.5. The van der Waals surface area contributed by atoms with Gasteiger partial charge in [0.2, 0.25) is 11.8 Å². The van der Waals surface area contributed by atoms with Gasteiger partial charge < -0.3 is 25.0 Å². The number of hydrogen-bond acceptors (Lipinski definition) is 6. The molecule has 4 rings (SSSR count). The van der Waals surface area contributed by atoms with E-state index in [0.717, 1.165) is 30.3 Å². The Balaban J connectivity index is 1.54. The molecule has 1 fully saturated rings. The van der Waals surface area contributed by atoms with Crippen LogP contribution in [0.2, 0.25) is 0 Å². The summed E-state index contributed by atoms with van der Waals surface area (Å²) in [6.07, 6.45) is 2.91. The Bertz CT molecular complexity index is 1180. The molecule has 10 heteroatoms. The number of amides is 3. The van der Waals surface area contributed by atoms with Crippen LogP contribution in [0, 0.1) is 12.8 Å². The molecular weight excluding hydrogens is 448 g/mol. The number of rotatable bonds is 7. The molecule has 1 unspecified atom stereocenters. The van der Waals surface area contributed by atoms with Crippen LogP contribution in [0.3, 0.4) is 0 Å². The third kappa shape index (κ3) is 5.36. The predicted octanol–water partition coefficient (Wildman–Crippen LogP) is 2.87. The minimum absolute atomic E-state index is 0.0524. The lowest BCUT2D eigenvalue weighted by Crippen LogP contribution is -2.56. The summed E-state index contributed by atoms with van der Waals surface area (Å²) in [5, 5.41) is 9.36. The Morgan fingerprint density at radius 1 is 1.17 bits per heavy atom. The molecule has 3 N–H and O–H groups in total. The van der Waals surface area contributed by atoms with Gasteiger partial charge >= 0.3 is 0 Å². The Morgan fingerprint density at radius 3 is 2.63 bits per heavy atom. The van der Waals surface area contributed by atoms with Crippen LogP contribution in [0.15, 0.2) is 34.9 Å². The normalized spacial score (nSPS) is 18.6. The minimum atomic E-state index is -1.10. The van der Waals surface area contributed by atoms with Crippen molar-refractivity contribution in [1.82, 2.24) is 30.7 Å². The summed E-state index contributed by atoms with van der Waals surface area (Å²) < 4.78 is 5.00. The Morgan fingerprint density at radius 2 is 1.94 bits per heavy atom. The van der Waals surface area contributed by atoms with Gasteiger partial charge in [-0.2, -0.15) is 0 Å². The van der Waals surface area contributed by atoms with Crippen molar-refractivity contribution >= 4 is 28.8 Å². The molecule has 0 saturated carbocycles. The Kier molecular flexibility index (Phi) is 7.18. The van der Waals surface area contributed by atoms with E-state index >= 15 is 0 Å². The summed E-state index contributed by atoms with van der Waals surface area (Å²) in [4.78, 5) is 49.3. The predicted molar refractivity (Wildman–Crippen MR) is 129 cm³/mol. The standard InChI is InChI=1S/C25H32N6O4/c1-14-9-7-8-12-31(14)25(34)16(3)21(29-23(32)20-13-15(2)35-30-20)24(33)26-17(4)22-27-18-10-5-6-11-19(18)28-22/h5-6,10-11,13-14,16-17,21H,7-9,12H2,1-4H3,(H,26,33)(H,27,28)(H,29,32)/t14-,16+,17?,21-/m0/s1. The third-order valence-corrected chi connectivity index (χ3v) is 6.58. The van der Waals surface area contributed by atoms with E-state index in [1.54, 1.807) is 20.8 Å². The van der Waals surface area contributed by atoms with Crippen LogP contribution >= 0.6 is 0 Å². The van der Waals surface area contributed by atoms with E-state index < -0.39 is 29.8 Å². The molecule has 3 amide bonds. The Labute approximate surface area is 203 Å². The second-order valence-electron chi connectivity index (χ2n) is 9.31. The van der Waals surface area contributed by atoms with Crippen molar-refractivity contribution in [2.24, 2.45) is 5.92 Å². The SMILES string of the molecule is Cc1cc(C(=O)N[C@H](C(=O)NC(C)c2nc3ccccc3[nH]2)[C@@H](C)C(=O)N2CCCC[C@@H]2C)no1. The highest BCUT2D eigenvalue weighted by Gasteiger charge is 2.37. The largest absolute Gasteiger partial charge is 0.361 e. The van der Waals surface area contributed by atoms with Crippen molar-refractivity contribution in [3.63, 3.8) is 0 Å². The molecule has 0 aliphatic carbocycles. The summed E-state index contributed by atoms with van der Waals surface area (Å²) in [6, 6.07) is 7.58. The fourth-order valence-corrected chi connectivity index (χ4v) is 4.48. The Hall–Kier alpha value is -3.69. The van der Waals surface area contributed by atoms with E-state index in [1.165, 1.54) is 6.07 Å². The molecule has 1 aliphatic rings. The van der Waals surface area contributed by atoms with Crippen LogP contribution in [0.1, 0.15) is 68.1 Å². The first-order chi connectivity index (χ1) is 16.7. The molecule has 1 aromatic carbocycles. The number of aromatic nitrogens is 3. The zero-order chi connectivity index (χ0) is 25.1. The van der Waals surface area contributed by atoms with Crippen molar-refractivity contribution in [2.45, 2.75) is 65.1 Å². The number of nitrogens with one attached hydrogen (secondary N) is 3. The number of para-hydroxylation sites is 2. The molecule has 2 aromatic heterocycles. The van der Waals surface area contributed by atoms with E-state index in [0.29, 0.717) is 18.1 Å². The van der Waals surface area contributed by atoms with Gasteiger partial charge in [-0.3, -0.25) is 14.4 Å². The summed E-state index contributed by atoms with van der Waals surface area (Å²) in [5.41, 5.74) is 1.70. The number of nitrogens with zero attached hydrogens (tertiary/aromatic N) is 3. The number of carbonyl (C=O) groups excluding carboxylic acids is 3. The molecule has 3 aromatic rings. The van der Waals surface area contributed by atoms with Crippen LogP contribution in [0.4, 0.5) is 0 Å². The topological polar surface area (TPSA) is 133 Å². The number of aryl methyl sites for hydroxylation is 1. The highest BCUT2D eigenvalue weighted by molar-refractivity contribution is 5.98. The van der Waals surface area contributed by atoms with Crippen molar-refractivity contribution < 1.29 is 18.9 Å². The first-order valence-electron chi connectivity index (χ1n) is 12.0. The average Bonchev–Trinajstić information content (AvgIpc) is 3.48. The molecule has 10 nitrogen and oxygen atoms in total. The van der Waals surface area contributed by atoms with E-state index in [4.69, 9.17) is 4.52 Å². The lowest BCUT2D eigenvalue weighted by atomic mass is 9.95. The van der Waals surface area contributed by atoms with Crippen LogP contribution in [-0.4, -0.2) is 56.4 Å². The summed E-state index contributed by atoms with van der Waals surface area (Å²) >= 11 is 0. The number of hydrogen-bond donors (Lipinski definition) is 3. The fraction of sp³-hybridized carbons (Fsp3) is 0.480. The molecule has 0 radical (unpaired) electrons. The summed E-state index contributed by atoms with van der Waals surface area (Å²) in [5.74, 6) is -0.941. The minimum Gasteiger partial charge on any atom is -0.361 e. The van der Waals surface area contributed by atoms with Gasteiger partial charge in [-0.25, -0.2) is 4.98 Å². The lowest BCUT2D eigenvalue weighted by Gasteiger charge is -2.37. The first kappa shape index (κ1) is 24.4. The van der Waals surface area contributed by atoms with Crippen LogP contribution in [0.5, 0.6) is 0 Å². The van der Waals surface area contributed by atoms with Crippen LogP contribution in [0.25, 0.3) is 11.0 Å². The molecular formula is C25H32N6O4. The van der Waals surface area contributed by atoms with E-state index in [-0.39, 0.29) is 17.6 Å². The maximum Gasteiger partial charge on any atom is 0.274 e. The number of piperidine rings is 1. The van der Waals surface area contributed by atoms with E-state index in [1.807, 2.05) is 36.1 Å². The number of carbonyl (C=O) groups is 3. The van der Waals surface area contributed by atoms with Gasteiger partial charge in [-0.1, -0.05) is 24.2 Å². The molecule has 1 aliphatic heterocycles. The van der Waals surface area contributed by atoms with E-state index in [2.05, 4.69) is 25.8 Å². The van der Waals surface area contributed by atoms with Crippen molar-refractivity contribution in [3.05, 3.63) is 47.6 Å². The number of aromatic amines is 1. The zero-order valence-corrected chi connectivity index (χ0v) is 20.5. The molecule has 35 heavy (non-hydrogen) atoms. The third-order valence-electron chi connectivity index (χ3n) is 6.58. The summed E-state index contributed by atoms with van der Waals surface area (Å²) in [7, 11) is 0. The average molecular weight is 481 g/mol. The van der Waals surface area contributed by atoms with Crippen molar-refractivity contribution in [2.75, 3.05) is 6.54 Å². The lowest BCUT2D eigenvalue weighted by molar-refractivity contribution is -0.142. The fourth-order valence-electron chi connectivity index (χ4n) is 4.48. The van der Waals surface area contributed by atoms with Gasteiger partial charge in [0.25, 0.3) is 5.91 Å². The summed E-state index contributed by atoms with van der Waals surface area (Å²) in [6.45, 7) is 7.80. The van der Waals surface area contributed by atoms with Crippen molar-refractivity contribution in [3.8, 4) is 0 Å². The quantitative estimate of drug-likeness (QED) is 0.476. The molecule has 4 atom stereocenters. The molecule has 0 spiro atoms. The molecule has 0 bridgehead atoms. The molecule has 3 heterocycles. The second kappa shape index (κ2) is 10.3. The monoisotopic (exact) mass is 480 g/mol. The van der Waals surface area contributed by atoms with E-state index in [9.17, 15) is 14.4 Å². The highest BCUT2D eigenvalue weighted by atomic mass is 16.5. The first-order valence-corrected chi connectivity index (χ1v) is 12.0. The number of benzene rings is 1. The van der Waals surface area contributed by atoms with Crippen molar-refractivity contribution in [1.29, 1.82) is 0 Å². The van der Waals surface area contributed by atoms with Gasteiger partial charge in [0.1, 0.15) is 17.6 Å². The number of imidazole rings is 1. The van der Waals surface area contributed by atoms with Crippen LogP contribution < -0.4 is 10.6 Å². The number of likely N-dealkylation sites (tertiary alicyclic amines) is 1. The van der Waals surface area contributed by atoms with Gasteiger partial charge in [0.15, 0.2) is 5.69 Å². The number of fused-ring (bicyclic) bond motifs is 1. The molecule has 1 saturated heterocycles. The second-order valence-corrected chi connectivity index (χ2v) is 9.31. The maximum atomic E-state index is 13.4. The van der Waals surface area contributed by atoms with Crippen LogP contribution in [-0.2, 0) is 9.59 Å². The van der Waals surface area contributed by atoms with Gasteiger partial charge in [-0.05, 0) is 52.2 Å². The van der Waals surface area contributed by atoms with Gasteiger partial charge in [0, 0.05) is 18.7 Å². The van der Waals surface area contributed by atoms with Gasteiger partial charge in [0.05, 0.1) is 23.0 Å². The number of H-pyrrole nitrogens is 1. The molecule has 186 valence electrons. The smallest absolute Gasteiger partial charge is 0.274 e.